The zero-order valence-corrected chi connectivity index (χ0v) is 15.7. The number of carbonyl (C=O) groups excluding carboxylic acids is 3. The van der Waals surface area contributed by atoms with Gasteiger partial charge in [-0.3, -0.25) is 28.0 Å². The molecule has 0 amide bonds. The zero-order valence-electron chi connectivity index (χ0n) is 14.8. The second-order valence-electron chi connectivity index (χ2n) is 5.47. The summed E-state index contributed by atoms with van der Waals surface area (Å²) in [5, 5.41) is 0. The molecule has 0 radical (unpaired) electrons. The number of phosphoric acid groups is 1. The molecule has 0 fully saturated rings. The van der Waals surface area contributed by atoms with Crippen molar-refractivity contribution in [2.45, 2.75) is 0 Å². The van der Waals surface area contributed by atoms with Gasteiger partial charge in [0.25, 0.3) is 0 Å². The molecular formula is C18H15O10P. The van der Waals surface area contributed by atoms with Gasteiger partial charge < -0.3 is 13.3 Å². The van der Waals surface area contributed by atoms with Crippen molar-refractivity contribution in [3.8, 4) is 0 Å². The SMILES string of the molecule is O=C(COP(=O)(OCC(=O)c1ccco1)OCC(=O)c1ccco1)c1ccco1. The molecular weight excluding hydrogens is 407 g/mol. The van der Waals surface area contributed by atoms with Gasteiger partial charge in [0, 0.05) is 0 Å². The fourth-order valence-corrected chi connectivity index (χ4v) is 3.10. The van der Waals surface area contributed by atoms with Crippen LogP contribution in [-0.2, 0) is 18.1 Å². The van der Waals surface area contributed by atoms with Gasteiger partial charge in [0.15, 0.2) is 17.3 Å². The minimum Gasteiger partial charge on any atom is -0.461 e. The number of rotatable bonds is 12. The van der Waals surface area contributed by atoms with E-state index in [1.54, 1.807) is 0 Å². The molecule has 3 aromatic rings. The van der Waals surface area contributed by atoms with Crippen molar-refractivity contribution in [2.24, 2.45) is 0 Å². The van der Waals surface area contributed by atoms with Crippen molar-refractivity contribution in [2.75, 3.05) is 19.8 Å². The van der Waals surface area contributed by atoms with E-state index in [1.807, 2.05) is 0 Å². The van der Waals surface area contributed by atoms with E-state index >= 15 is 0 Å². The van der Waals surface area contributed by atoms with Gasteiger partial charge in [-0.1, -0.05) is 0 Å². The molecule has 0 aliphatic rings. The number of Topliss-reactive ketones (excluding diaryl/α,β-unsaturated/α-hetero) is 3. The van der Waals surface area contributed by atoms with Crippen LogP contribution < -0.4 is 0 Å². The molecule has 10 nitrogen and oxygen atoms in total. The van der Waals surface area contributed by atoms with Gasteiger partial charge in [0.05, 0.1) is 18.8 Å². The smallest absolute Gasteiger partial charge is 0.461 e. The van der Waals surface area contributed by atoms with E-state index in [4.69, 9.17) is 26.8 Å². The molecule has 0 saturated carbocycles. The third kappa shape index (κ3) is 5.72. The van der Waals surface area contributed by atoms with Crippen LogP contribution >= 0.6 is 7.82 Å². The highest BCUT2D eigenvalue weighted by atomic mass is 31.2. The number of ketones is 3. The first kappa shape index (κ1) is 20.7. The Morgan fingerprint density at radius 3 is 1.21 bits per heavy atom. The molecule has 3 heterocycles. The third-order valence-electron chi connectivity index (χ3n) is 3.45. The average Bonchev–Trinajstić information content (AvgIpc) is 3.51. The van der Waals surface area contributed by atoms with E-state index in [-0.39, 0.29) is 17.3 Å². The van der Waals surface area contributed by atoms with Crippen LogP contribution in [0.25, 0.3) is 0 Å². The van der Waals surface area contributed by atoms with E-state index in [0.717, 1.165) is 0 Å². The molecule has 0 bridgehead atoms. The van der Waals surface area contributed by atoms with Crippen molar-refractivity contribution in [3.63, 3.8) is 0 Å². The molecule has 29 heavy (non-hydrogen) atoms. The number of furan rings is 3. The Hall–Kier alpha value is -3.04. The maximum absolute atomic E-state index is 12.8. The summed E-state index contributed by atoms with van der Waals surface area (Å²) < 4.78 is 42.5. The topological polar surface area (TPSA) is 135 Å². The summed E-state index contributed by atoms with van der Waals surface area (Å²) >= 11 is 0. The van der Waals surface area contributed by atoms with E-state index in [9.17, 15) is 18.9 Å². The van der Waals surface area contributed by atoms with Gasteiger partial charge in [-0.25, -0.2) is 4.57 Å². The highest BCUT2D eigenvalue weighted by molar-refractivity contribution is 7.48. The van der Waals surface area contributed by atoms with Crippen LogP contribution in [0.2, 0.25) is 0 Å². The number of hydrogen-bond acceptors (Lipinski definition) is 10. The third-order valence-corrected chi connectivity index (χ3v) is 4.79. The summed E-state index contributed by atoms with van der Waals surface area (Å²) in [6.07, 6.45) is 3.84. The van der Waals surface area contributed by atoms with E-state index in [2.05, 4.69) is 0 Å². The second-order valence-corrected chi connectivity index (χ2v) is 7.14. The van der Waals surface area contributed by atoms with Crippen molar-refractivity contribution in [1.29, 1.82) is 0 Å². The lowest BCUT2D eigenvalue weighted by atomic mass is 10.3. The summed E-state index contributed by atoms with van der Waals surface area (Å²) in [5.74, 6) is -2.02. The highest BCUT2D eigenvalue weighted by Gasteiger charge is 2.32. The van der Waals surface area contributed by atoms with Crippen molar-refractivity contribution in [3.05, 3.63) is 72.5 Å². The molecule has 0 aliphatic heterocycles. The Morgan fingerprint density at radius 2 is 0.966 bits per heavy atom. The van der Waals surface area contributed by atoms with Crippen LogP contribution in [0.1, 0.15) is 31.7 Å². The van der Waals surface area contributed by atoms with Gasteiger partial charge in [-0.05, 0) is 36.4 Å². The normalized spacial score (nSPS) is 11.4. The number of hydrogen-bond donors (Lipinski definition) is 0. The summed E-state index contributed by atoms with van der Waals surface area (Å²) in [6.45, 7) is -2.18. The van der Waals surface area contributed by atoms with E-state index in [1.165, 1.54) is 55.2 Å². The minimum atomic E-state index is -4.47. The number of phosphoric ester groups is 1. The molecule has 3 aromatic heterocycles. The van der Waals surface area contributed by atoms with Crippen molar-refractivity contribution < 1.29 is 45.8 Å². The summed E-state index contributed by atoms with van der Waals surface area (Å²) in [7, 11) is -4.47. The van der Waals surface area contributed by atoms with Gasteiger partial charge in [0.2, 0.25) is 17.3 Å². The quantitative estimate of drug-likeness (QED) is 0.315. The lowest BCUT2D eigenvalue weighted by Crippen LogP contribution is -2.15. The summed E-state index contributed by atoms with van der Waals surface area (Å²) in [5.41, 5.74) is 0. The Bertz CT molecular complexity index is 857. The Balaban J connectivity index is 1.63. The van der Waals surface area contributed by atoms with Crippen LogP contribution in [0.4, 0.5) is 0 Å². The van der Waals surface area contributed by atoms with Gasteiger partial charge in [-0.2, -0.15) is 0 Å². The van der Waals surface area contributed by atoms with Gasteiger partial charge in [0.1, 0.15) is 19.8 Å². The van der Waals surface area contributed by atoms with Gasteiger partial charge >= 0.3 is 7.82 Å². The molecule has 0 unspecified atom stereocenters. The zero-order chi connectivity index (χ0) is 20.7. The van der Waals surface area contributed by atoms with Crippen LogP contribution in [0.5, 0.6) is 0 Å². The first-order chi connectivity index (χ1) is 14.0. The maximum atomic E-state index is 12.8. The average molecular weight is 422 g/mol. The number of carbonyl (C=O) groups is 3. The molecule has 11 heteroatoms. The van der Waals surface area contributed by atoms with Crippen LogP contribution in [-0.4, -0.2) is 37.2 Å². The Morgan fingerprint density at radius 1 is 0.655 bits per heavy atom. The van der Waals surface area contributed by atoms with Crippen LogP contribution in [0.3, 0.4) is 0 Å². The molecule has 0 saturated heterocycles. The molecule has 0 N–H and O–H groups in total. The van der Waals surface area contributed by atoms with E-state index in [0.29, 0.717) is 0 Å². The highest BCUT2D eigenvalue weighted by Crippen LogP contribution is 2.49. The van der Waals surface area contributed by atoms with Gasteiger partial charge in [-0.15, -0.1) is 0 Å². The Kier molecular flexibility index (Phi) is 6.73. The van der Waals surface area contributed by atoms with Crippen molar-refractivity contribution in [1.82, 2.24) is 0 Å². The molecule has 0 spiro atoms. The molecule has 3 rings (SSSR count). The molecule has 0 aromatic carbocycles. The predicted molar refractivity (Wildman–Crippen MR) is 94.6 cm³/mol. The maximum Gasteiger partial charge on any atom is 0.476 e. The van der Waals surface area contributed by atoms with Crippen LogP contribution in [0, 0.1) is 0 Å². The lowest BCUT2D eigenvalue weighted by molar-refractivity contribution is 0.0671. The lowest BCUT2D eigenvalue weighted by Gasteiger charge is -2.16. The summed E-state index contributed by atoms with van der Waals surface area (Å²) in [4.78, 5) is 36.0. The van der Waals surface area contributed by atoms with E-state index < -0.39 is 45.0 Å². The van der Waals surface area contributed by atoms with Crippen LogP contribution in [0.15, 0.2) is 68.4 Å². The summed E-state index contributed by atoms with van der Waals surface area (Å²) in [6, 6.07) is 8.63. The standard InChI is InChI=1S/C18H15O10P/c19-13(16-4-1-7-23-16)10-26-29(22,27-11-14(20)17-5-2-8-24-17)28-12-15(21)18-6-3-9-25-18/h1-9H,10-12H2. The fraction of sp³-hybridized carbons (Fsp3) is 0.167. The second kappa shape index (κ2) is 9.44. The first-order valence-electron chi connectivity index (χ1n) is 8.20. The predicted octanol–water partition coefficient (Wildman–Crippen LogP) is 3.57. The first-order valence-corrected chi connectivity index (χ1v) is 9.67. The Labute approximate surface area is 163 Å². The monoisotopic (exact) mass is 422 g/mol. The fourth-order valence-electron chi connectivity index (χ4n) is 2.05. The largest absolute Gasteiger partial charge is 0.476 e. The molecule has 0 aliphatic carbocycles. The van der Waals surface area contributed by atoms with Crippen molar-refractivity contribution >= 4 is 25.2 Å². The minimum absolute atomic E-state index is 0.0325. The molecule has 152 valence electrons. The molecule has 0 atom stereocenters.